The van der Waals surface area contributed by atoms with Crippen molar-refractivity contribution in [1.82, 2.24) is 0 Å². The highest BCUT2D eigenvalue weighted by Crippen LogP contribution is 2.30. The molecule has 1 heterocycles. The van der Waals surface area contributed by atoms with Crippen LogP contribution in [0.4, 0.5) is 5.69 Å². The van der Waals surface area contributed by atoms with Crippen LogP contribution >= 0.6 is 0 Å². The van der Waals surface area contributed by atoms with E-state index in [0.29, 0.717) is 17.3 Å². The summed E-state index contributed by atoms with van der Waals surface area (Å²) in [6.07, 6.45) is 3.66. The maximum atomic E-state index is 12.4. The molecule has 0 bridgehead atoms. The van der Waals surface area contributed by atoms with Crippen molar-refractivity contribution < 1.29 is 13.9 Å². The maximum Gasteiger partial charge on any atom is 0.339 e. The summed E-state index contributed by atoms with van der Waals surface area (Å²) in [6, 6.07) is 13.3. The molecule has 1 aromatic heterocycles. The van der Waals surface area contributed by atoms with Crippen molar-refractivity contribution in [3.63, 3.8) is 0 Å². The number of rotatable bonds is 6. The average molecular weight is 391 g/mol. The molecule has 1 atom stereocenters. The lowest BCUT2D eigenvalue weighted by Crippen LogP contribution is -2.21. The molecule has 5 nitrogen and oxygen atoms in total. The molecule has 4 rings (SSSR count). The third-order valence-electron chi connectivity index (χ3n) is 5.69. The molecule has 0 saturated heterocycles. The summed E-state index contributed by atoms with van der Waals surface area (Å²) >= 11 is 0. The number of amides is 1. The molecule has 29 heavy (non-hydrogen) atoms. The predicted molar refractivity (Wildman–Crippen MR) is 114 cm³/mol. The Morgan fingerprint density at radius 3 is 2.79 bits per heavy atom. The number of para-hydroxylation sites is 1. The second-order valence-corrected chi connectivity index (χ2v) is 7.59. The van der Waals surface area contributed by atoms with E-state index in [2.05, 4.69) is 19.2 Å². The molecule has 0 spiro atoms. The monoisotopic (exact) mass is 391 g/mol. The van der Waals surface area contributed by atoms with Crippen molar-refractivity contribution >= 4 is 22.6 Å². The quantitative estimate of drug-likeness (QED) is 0.612. The van der Waals surface area contributed by atoms with E-state index >= 15 is 0 Å². The maximum absolute atomic E-state index is 12.4. The van der Waals surface area contributed by atoms with Crippen LogP contribution in [-0.4, -0.2) is 12.5 Å². The summed E-state index contributed by atoms with van der Waals surface area (Å²) in [7, 11) is 0. The smallest absolute Gasteiger partial charge is 0.339 e. The Kier molecular flexibility index (Phi) is 5.38. The van der Waals surface area contributed by atoms with E-state index in [1.807, 2.05) is 36.4 Å². The van der Waals surface area contributed by atoms with Gasteiger partial charge in [-0.15, -0.1) is 0 Å². The van der Waals surface area contributed by atoms with Crippen molar-refractivity contribution in [2.24, 2.45) is 0 Å². The fourth-order valence-electron chi connectivity index (χ4n) is 3.95. The zero-order chi connectivity index (χ0) is 20.4. The van der Waals surface area contributed by atoms with Crippen molar-refractivity contribution in [2.45, 2.75) is 45.4 Å². The highest BCUT2D eigenvalue weighted by Gasteiger charge is 2.20. The van der Waals surface area contributed by atoms with Crippen molar-refractivity contribution in [2.75, 3.05) is 11.9 Å². The van der Waals surface area contributed by atoms with Crippen LogP contribution < -0.4 is 15.7 Å². The Hall–Kier alpha value is -3.08. The van der Waals surface area contributed by atoms with E-state index in [-0.39, 0.29) is 18.1 Å². The number of anilines is 1. The van der Waals surface area contributed by atoms with Gasteiger partial charge in [-0.1, -0.05) is 32.0 Å². The van der Waals surface area contributed by atoms with Gasteiger partial charge in [-0.25, -0.2) is 4.79 Å². The summed E-state index contributed by atoms with van der Waals surface area (Å²) in [5.74, 6) is 0.637. The molecule has 1 aliphatic carbocycles. The van der Waals surface area contributed by atoms with Gasteiger partial charge in [0.05, 0.1) is 0 Å². The zero-order valence-electron chi connectivity index (χ0n) is 16.8. The van der Waals surface area contributed by atoms with E-state index < -0.39 is 0 Å². The molecule has 0 fully saturated rings. The third-order valence-corrected chi connectivity index (χ3v) is 5.69. The number of hydrogen-bond donors (Lipinski definition) is 1. The van der Waals surface area contributed by atoms with Crippen LogP contribution in [0.25, 0.3) is 11.0 Å². The second-order valence-electron chi connectivity index (χ2n) is 7.59. The summed E-state index contributed by atoms with van der Waals surface area (Å²) < 4.78 is 11.1. The highest BCUT2D eigenvalue weighted by atomic mass is 16.5. The van der Waals surface area contributed by atoms with Crippen molar-refractivity contribution in [3.8, 4) is 5.75 Å². The van der Waals surface area contributed by atoms with Gasteiger partial charge in [0.2, 0.25) is 0 Å². The molecular formula is C24H25NO4. The first-order valence-corrected chi connectivity index (χ1v) is 10.2. The van der Waals surface area contributed by atoms with E-state index in [1.54, 1.807) is 6.07 Å². The summed E-state index contributed by atoms with van der Waals surface area (Å²) in [6.45, 7) is 4.15. The van der Waals surface area contributed by atoms with Gasteiger partial charge in [0.15, 0.2) is 6.61 Å². The molecule has 0 unspecified atom stereocenters. The Morgan fingerprint density at radius 1 is 1.17 bits per heavy atom. The molecule has 5 heteroatoms. The molecule has 0 radical (unpaired) electrons. The van der Waals surface area contributed by atoms with Crippen molar-refractivity contribution in [1.29, 1.82) is 0 Å². The first-order chi connectivity index (χ1) is 14.1. The van der Waals surface area contributed by atoms with Gasteiger partial charge in [-0.2, -0.15) is 0 Å². The van der Waals surface area contributed by atoms with Gasteiger partial charge in [0.1, 0.15) is 11.3 Å². The molecule has 0 aliphatic heterocycles. The summed E-state index contributed by atoms with van der Waals surface area (Å²) in [5, 5.41) is 3.89. The number of benzene rings is 2. The van der Waals surface area contributed by atoms with Crippen LogP contribution in [0, 0.1) is 0 Å². The zero-order valence-corrected chi connectivity index (χ0v) is 16.8. The van der Waals surface area contributed by atoms with Gasteiger partial charge >= 0.3 is 5.63 Å². The minimum absolute atomic E-state index is 0.116. The fraction of sp³-hybridized carbons (Fsp3) is 0.333. The number of fused-ring (bicyclic) bond motifs is 3. The normalized spacial score (nSPS) is 13.9. The van der Waals surface area contributed by atoms with E-state index in [9.17, 15) is 9.59 Å². The Labute approximate surface area is 169 Å². The van der Waals surface area contributed by atoms with Crippen LogP contribution in [0.3, 0.4) is 0 Å². The molecule has 0 saturated carbocycles. The molecule has 1 amide bonds. The van der Waals surface area contributed by atoms with Gasteiger partial charge in [-0.05, 0) is 60.9 Å². The Balaban J connectivity index is 1.47. The molecule has 1 aliphatic rings. The number of carbonyl (C=O) groups is 1. The number of nitrogens with one attached hydrogen (secondary N) is 1. The topological polar surface area (TPSA) is 68.5 Å². The minimum Gasteiger partial charge on any atom is -0.484 e. The van der Waals surface area contributed by atoms with Crippen LogP contribution in [-0.2, 0) is 17.6 Å². The standard InChI is InChI=1S/C24H25NO4/c1-3-15(2)17-7-4-5-10-21(17)25-23(26)14-28-16-11-12-19-18-8-6-9-20(18)24(27)29-22(19)13-16/h4-5,7,10-13,15H,3,6,8-9,14H2,1-2H3,(H,25,26)/t15-/m1/s1. The molecular weight excluding hydrogens is 366 g/mol. The molecule has 2 aromatic carbocycles. The van der Waals surface area contributed by atoms with Gasteiger partial charge in [-0.3, -0.25) is 4.79 Å². The van der Waals surface area contributed by atoms with E-state index in [0.717, 1.165) is 53.4 Å². The van der Waals surface area contributed by atoms with Gasteiger partial charge in [0.25, 0.3) is 5.91 Å². The van der Waals surface area contributed by atoms with Crippen molar-refractivity contribution in [3.05, 3.63) is 69.6 Å². The first-order valence-electron chi connectivity index (χ1n) is 10.2. The van der Waals surface area contributed by atoms with Gasteiger partial charge < -0.3 is 14.5 Å². The fourth-order valence-corrected chi connectivity index (χ4v) is 3.95. The number of hydrogen-bond acceptors (Lipinski definition) is 4. The second kappa shape index (κ2) is 8.11. The average Bonchev–Trinajstić information content (AvgIpc) is 3.23. The highest BCUT2D eigenvalue weighted by molar-refractivity contribution is 5.92. The number of aryl methyl sites for hydroxylation is 1. The Morgan fingerprint density at radius 2 is 1.97 bits per heavy atom. The summed E-state index contributed by atoms with van der Waals surface area (Å²) in [5.41, 5.74) is 4.06. The van der Waals surface area contributed by atoms with Crippen LogP contribution in [0.15, 0.2) is 51.7 Å². The van der Waals surface area contributed by atoms with Crippen LogP contribution in [0.1, 0.15) is 49.3 Å². The molecule has 150 valence electrons. The molecule has 3 aromatic rings. The lowest BCUT2D eigenvalue weighted by atomic mass is 9.97. The molecule has 1 N–H and O–H groups in total. The minimum atomic E-state index is -0.262. The summed E-state index contributed by atoms with van der Waals surface area (Å²) in [4.78, 5) is 24.6. The van der Waals surface area contributed by atoms with E-state index in [4.69, 9.17) is 9.15 Å². The van der Waals surface area contributed by atoms with Gasteiger partial charge in [0, 0.05) is 22.7 Å². The predicted octanol–water partition coefficient (Wildman–Crippen LogP) is 4.81. The largest absolute Gasteiger partial charge is 0.484 e. The third kappa shape index (κ3) is 3.90. The van der Waals surface area contributed by atoms with Crippen LogP contribution in [0.5, 0.6) is 5.75 Å². The SMILES string of the molecule is CC[C@@H](C)c1ccccc1NC(=O)COc1ccc2c3c(c(=O)oc2c1)CCC3. The lowest BCUT2D eigenvalue weighted by Gasteiger charge is -2.16. The lowest BCUT2D eigenvalue weighted by molar-refractivity contribution is -0.118. The first kappa shape index (κ1) is 19.2. The number of carbonyl (C=O) groups excluding carboxylic acids is 1. The van der Waals surface area contributed by atoms with E-state index in [1.165, 1.54) is 0 Å². The van der Waals surface area contributed by atoms with Crippen LogP contribution in [0.2, 0.25) is 0 Å². The number of ether oxygens (including phenoxy) is 1. The Bertz CT molecular complexity index is 1120.